The summed E-state index contributed by atoms with van der Waals surface area (Å²) >= 11 is 0. The first-order chi connectivity index (χ1) is 13.0. The third-order valence-electron chi connectivity index (χ3n) is 7.26. The van der Waals surface area contributed by atoms with Gasteiger partial charge in [-0.2, -0.15) is 0 Å². The van der Waals surface area contributed by atoms with Crippen molar-refractivity contribution in [3.05, 3.63) is 47.4 Å². The van der Waals surface area contributed by atoms with Gasteiger partial charge in [0.15, 0.2) is 0 Å². The monoisotopic (exact) mass is 402 g/mol. The molecule has 3 aliphatic rings. The molecule has 0 radical (unpaired) electrons. The SMILES string of the molecule is COC(=O)C1=CO[C@@H](C)[C@H]2C[N+]3(C)CCc4c([nH]c5ccccc45)[C@@H]3C[C@H]12.[Cl-]. The van der Waals surface area contributed by atoms with Gasteiger partial charge in [-0.15, -0.1) is 0 Å². The van der Waals surface area contributed by atoms with E-state index < -0.39 is 0 Å². The minimum Gasteiger partial charge on any atom is -1.00 e. The van der Waals surface area contributed by atoms with Gasteiger partial charge in [0.2, 0.25) is 0 Å². The van der Waals surface area contributed by atoms with E-state index in [1.54, 1.807) is 6.26 Å². The van der Waals surface area contributed by atoms with E-state index in [4.69, 9.17) is 9.47 Å². The molecule has 5 rings (SSSR count). The molecule has 3 aliphatic heterocycles. The molecule has 0 spiro atoms. The van der Waals surface area contributed by atoms with Gasteiger partial charge in [-0.25, -0.2) is 4.79 Å². The van der Waals surface area contributed by atoms with E-state index in [0.29, 0.717) is 17.5 Å². The number of esters is 1. The smallest absolute Gasteiger partial charge is 0.337 e. The number of hydrogen-bond donors (Lipinski definition) is 1. The van der Waals surface area contributed by atoms with Crippen LogP contribution in [0, 0.1) is 11.8 Å². The van der Waals surface area contributed by atoms with E-state index in [-0.39, 0.29) is 30.4 Å². The van der Waals surface area contributed by atoms with E-state index >= 15 is 0 Å². The predicted octanol–water partition coefficient (Wildman–Crippen LogP) is 0.327. The lowest BCUT2D eigenvalue weighted by Gasteiger charge is -2.54. The van der Waals surface area contributed by atoms with Crippen LogP contribution < -0.4 is 12.4 Å². The van der Waals surface area contributed by atoms with Crippen LogP contribution in [0.2, 0.25) is 0 Å². The Morgan fingerprint density at radius 3 is 2.89 bits per heavy atom. The molecular weight excluding hydrogens is 376 g/mol. The number of nitrogens with zero attached hydrogens (tertiary/aromatic N) is 1. The van der Waals surface area contributed by atoms with Crippen molar-refractivity contribution in [2.45, 2.75) is 31.9 Å². The summed E-state index contributed by atoms with van der Waals surface area (Å²) in [6.07, 6.45) is 3.83. The summed E-state index contributed by atoms with van der Waals surface area (Å²) in [4.78, 5) is 16.1. The molecule has 0 aliphatic carbocycles. The number of methoxy groups -OCH3 is 1. The Bertz CT molecular complexity index is 952. The first-order valence-electron chi connectivity index (χ1n) is 9.89. The molecule has 1 aromatic carbocycles. The second-order valence-corrected chi connectivity index (χ2v) is 8.63. The third-order valence-corrected chi connectivity index (χ3v) is 7.26. The number of ether oxygens (including phenoxy) is 2. The summed E-state index contributed by atoms with van der Waals surface area (Å²) in [6, 6.07) is 8.98. The first-order valence-corrected chi connectivity index (χ1v) is 9.89. The number of halogens is 1. The number of quaternary nitrogens is 1. The third kappa shape index (κ3) is 2.67. The normalized spacial score (nSPS) is 33.5. The maximum Gasteiger partial charge on any atom is 0.337 e. The topological polar surface area (TPSA) is 51.3 Å². The number of aromatic nitrogens is 1. The molecule has 5 atom stereocenters. The van der Waals surface area contributed by atoms with Gasteiger partial charge in [0.1, 0.15) is 12.1 Å². The van der Waals surface area contributed by atoms with Gasteiger partial charge in [-0.3, -0.25) is 0 Å². The zero-order valence-corrected chi connectivity index (χ0v) is 17.3. The van der Waals surface area contributed by atoms with Gasteiger partial charge in [-0.1, -0.05) is 18.2 Å². The quantitative estimate of drug-likeness (QED) is 0.552. The largest absolute Gasteiger partial charge is 1.00 e. The van der Waals surface area contributed by atoms with Crippen molar-refractivity contribution in [2.24, 2.45) is 11.8 Å². The van der Waals surface area contributed by atoms with Crippen molar-refractivity contribution in [1.82, 2.24) is 4.98 Å². The Morgan fingerprint density at radius 1 is 1.32 bits per heavy atom. The Balaban J connectivity index is 0.00000192. The summed E-state index contributed by atoms with van der Waals surface area (Å²) in [5.41, 5.74) is 4.76. The van der Waals surface area contributed by atoms with Crippen LogP contribution in [-0.2, 0) is 20.7 Å². The number of hydrogen-bond acceptors (Lipinski definition) is 3. The van der Waals surface area contributed by atoms with Crippen molar-refractivity contribution in [3.8, 4) is 0 Å². The molecular formula is C22H27ClN2O3. The van der Waals surface area contributed by atoms with Crippen molar-refractivity contribution < 1.29 is 31.2 Å². The highest BCUT2D eigenvalue weighted by molar-refractivity contribution is 5.89. The number of aromatic amines is 1. The lowest BCUT2D eigenvalue weighted by Crippen LogP contribution is -3.00. The highest BCUT2D eigenvalue weighted by Crippen LogP contribution is 2.50. The molecule has 0 bridgehead atoms. The number of para-hydroxylation sites is 1. The minimum atomic E-state index is -0.249. The lowest BCUT2D eigenvalue weighted by molar-refractivity contribution is -0.951. The molecule has 4 heterocycles. The number of rotatable bonds is 1. The van der Waals surface area contributed by atoms with E-state index in [1.165, 1.54) is 29.3 Å². The van der Waals surface area contributed by atoms with E-state index in [9.17, 15) is 4.79 Å². The van der Waals surface area contributed by atoms with Gasteiger partial charge >= 0.3 is 5.97 Å². The maximum atomic E-state index is 12.4. The number of benzene rings is 1. The van der Waals surface area contributed by atoms with Crippen molar-refractivity contribution in [2.75, 3.05) is 27.2 Å². The Labute approximate surface area is 171 Å². The van der Waals surface area contributed by atoms with Crippen LogP contribution >= 0.6 is 0 Å². The van der Waals surface area contributed by atoms with Crippen molar-refractivity contribution in [1.29, 1.82) is 0 Å². The second kappa shape index (κ2) is 6.82. The number of carbonyl (C=O) groups is 1. The van der Waals surface area contributed by atoms with Gasteiger partial charge in [-0.05, 0) is 18.6 Å². The molecule has 1 fully saturated rings. The van der Waals surface area contributed by atoms with Crippen LogP contribution in [0.1, 0.15) is 30.6 Å². The Kier molecular flexibility index (Phi) is 4.71. The molecule has 6 heteroatoms. The van der Waals surface area contributed by atoms with E-state index in [2.05, 4.69) is 43.2 Å². The summed E-state index contributed by atoms with van der Waals surface area (Å²) in [5, 5.41) is 1.35. The van der Waals surface area contributed by atoms with Crippen LogP contribution in [0.25, 0.3) is 10.9 Å². The molecule has 1 unspecified atom stereocenters. The summed E-state index contributed by atoms with van der Waals surface area (Å²) in [7, 11) is 3.83. The lowest BCUT2D eigenvalue weighted by atomic mass is 9.71. The van der Waals surface area contributed by atoms with Gasteiger partial charge < -0.3 is 31.3 Å². The van der Waals surface area contributed by atoms with Crippen LogP contribution in [0.15, 0.2) is 36.1 Å². The summed E-state index contributed by atoms with van der Waals surface area (Å²) < 4.78 is 11.9. The Morgan fingerprint density at radius 2 is 2.11 bits per heavy atom. The average molecular weight is 403 g/mol. The number of piperidine rings is 1. The standard InChI is InChI=1S/C22H27N2O3.ClH/c1-13-17-11-24(2)9-8-15-14-6-4-5-7-19(14)23-21(15)20(24)10-16(17)18(12-27-13)22(25)26-3;/h4-7,12-13,16-17,20,23H,8-11H2,1-3H3;1H/q+1;/p-1/t13-,16-,17+,20-,24?;/m0./s1. The zero-order valence-electron chi connectivity index (χ0n) is 16.6. The molecule has 28 heavy (non-hydrogen) atoms. The molecule has 1 aromatic heterocycles. The maximum absolute atomic E-state index is 12.4. The van der Waals surface area contributed by atoms with Crippen molar-refractivity contribution in [3.63, 3.8) is 0 Å². The number of fused-ring (bicyclic) bond motifs is 6. The average Bonchev–Trinajstić information content (AvgIpc) is 3.05. The van der Waals surface area contributed by atoms with Gasteiger partial charge in [0.25, 0.3) is 0 Å². The molecule has 0 saturated carbocycles. The molecule has 2 aromatic rings. The summed E-state index contributed by atoms with van der Waals surface area (Å²) in [6.45, 7) is 4.29. The Hall–Kier alpha value is -1.98. The number of H-pyrrole nitrogens is 1. The second-order valence-electron chi connectivity index (χ2n) is 8.63. The van der Waals surface area contributed by atoms with Crippen molar-refractivity contribution >= 4 is 16.9 Å². The molecule has 5 nitrogen and oxygen atoms in total. The highest BCUT2D eigenvalue weighted by Gasteiger charge is 2.53. The molecule has 0 amide bonds. The zero-order chi connectivity index (χ0) is 18.8. The molecule has 1 N–H and O–H groups in total. The highest BCUT2D eigenvalue weighted by atomic mass is 35.5. The molecule has 1 saturated heterocycles. The van der Waals surface area contributed by atoms with E-state index in [0.717, 1.165) is 30.4 Å². The van der Waals surface area contributed by atoms with Crippen LogP contribution in [0.4, 0.5) is 0 Å². The summed E-state index contributed by atoms with van der Waals surface area (Å²) in [5.74, 6) is 0.284. The number of carbonyl (C=O) groups excluding carboxylic acids is 1. The minimum absolute atomic E-state index is 0. The molecule has 150 valence electrons. The van der Waals surface area contributed by atoms with Gasteiger partial charge in [0.05, 0.1) is 50.7 Å². The number of nitrogens with one attached hydrogen (secondary N) is 1. The van der Waals surface area contributed by atoms with Gasteiger partial charge in [0, 0.05) is 29.7 Å². The fourth-order valence-electron chi connectivity index (χ4n) is 5.74. The first kappa shape index (κ1) is 19.3. The fraction of sp³-hybridized carbons (Fsp3) is 0.500. The number of likely N-dealkylation sites (N-methyl/N-ethyl adjacent to an activating group) is 1. The van der Waals surface area contributed by atoms with E-state index in [1.807, 2.05) is 0 Å². The van der Waals surface area contributed by atoms with Crippen LogP contribution in [-0.4, -0.2) is 48.8 Å². The van der Waals surface area contributed by atoms with Crippen LogP contribution in [0.3, 0.4) is 0 Å². The predicted molar refractivity (Wildman–Crippen MR) is 103 cm³/mol. The van der Waals surface area contributed by atoms with Crippen LogP contribution in [0.5, 0.6) is 0 Å². The fourth-order valence-corrected chi connectivity index (χ4v) is 5.74.